The van der Waals surface area contributed by atoms with Gasteiger partial charge >= 0.3 is 5.97 Å². The number of carbonyl (C=O) groups is 1. The number of rotatable bonds is 3. The number of nitrogens with zero attached hydrogens (tertiary/aromatic N) is 2. The molecular weight excluding hydrogens is 260 g/mol. The predicted molar refractivity (Wildman–Crippen MR) is 74.9 cm³/mol. The second kappa shape index (κ2) is 4.51. The minimum Gasteiger partial charge on any atom is -0.478 e. The van der Waals surface area contributed by atoms with E-state index in [9.17, 15) is 9.90 Å². The molecule has 5 heteroatoms. The molecule has 0 bridgehead atoms. The molecule has 0 aliphatic carbocycles. The van der Waals surface area contributed by atoms with Crippen LogP contribution < -0.4 is 0 Å². The summed E-state index contributed by atoms with van der Waals surface area (Å²) in [5.41, 5.74) is 2.88. The number of carboxylic acid groups (broad SMARTS) is 1. The van der Waals surface area contributed by atoms with Gasteiger partial charge in [0.2, 0.25) is 0 Å². The lowest BCUT2D eigenvalue weighted by Gasteiger charge is -2.05. The lowest BCUT2D eigenvalue weighted by atomic mass is 10.2. The third kappa shape index (κ3) is 2.02. The van der Waals surface area contributed by atoms with Gasteiger partial charge in [-0.15, -0.1) is 0 Å². The average molecular weight is 272 g/mol. The van der Waals surface area contributed by atoms with Crippen molar-refractivity contribution < 1.29 is 9.90 Å². The second-order valence-corrected chi connectivity index (χ2v) is 5.14. The number of aromatic carboxylic acids is 1. The van der Waals surface area contributed by atoms with E-state index in [0.29, 0.717) is 5.52 Å². The largest absolute Gasteiger partial charge is 0.478 e. The highest BCUT2D eigenvalue weighted by Crippen LogP contribution is 2.21. The van der Waals surface area contributed by atoms with Crippen LogP contribution in [-0.4, -0.2) is 20.6 Å². The van der Waals surface area contributed by atoms with Crippen LogP contribution in [0.4, 0.5) is 0 Å². The number of benzene rings is 1. The molecular formula is C14H12N2O2S. The quantitative estimate of drug-likeness (QED) is 0.796. The zero-order valence-corrected chi connectivity index (χ0v) is 11.1. The van der Waals surface area contributed by atoms with Crippen LogP contribution in [0.25, 0.3) is 11.0 Å². The Bertz CT molecular complexity index is 744. The molecule has 0 saturated heterocycles. The molecule has 19 heavy (non-hydrogen) atoms. The summed E-state index contributed by atoms with van der Waals surface area (Å²) in [5.74, 6) is -0.110. The van der Waals surface area contributed by atoms with Gasteiger partial charge in [-0.1, -0.05) is 6.07 Å². The van der Waals surface area contributed by atoms with Gasteiger partial charge < -0.3 is 9.67 Å². The first-order chi connectivity index (χ1) is 9.16. The van der Waals surface area contributed by atoms with E-state index in [-0.39, 0.29) is 5.56 Å². The van der Waals surface area contributed by atoms with E-state index in [1.165, 1.54) is 5.56 Å². The van der Waals surface area contributed by atoms with Crippen LogP contribution in [0.15, 0.2) is 35.0 Å². The standard InChI is InChI=1S/C14H12N2O2S/c1-9-15-13-11(14(17)18)3-2-4-12(13)16(9)7-10-5-6-19-8-10/h2-6,8H,7H2,1H3,(H,17,18). The molecule has 0 aliphatic heterocycles. The molecule has 2 heterocycles. The van der Waals surface area contributed by atoms with Crippen molar-refractivity contribution in [2.45, 2.75) is 13.5 Å². The molecule has 0 saturated carbocycles. The van der Waals surface area contributed by atoms with Gasteiger partial charge in [0.05, 0.1) is 17.6 Å². The zero-order valence-electron chi connectivity index (χ0n) is 10.3. The molecule has 0 aliphatic rings. The van der Waals surface area contributed by atoms with Gasteiger partial charge in [-0.25, -0.2) is 9.78 Å². The maximum Gasteiger partial charge on any atom is 0.337 e. The maximum absolute atomic E-state index is 11.2. The number of para-hydroxylation sites is 1. The van der Waals surface area contributed by atoms with E-state index in [1.54, 1.807) is 23.5 Å². The monoisotopic (exact) mass is 272 g/mol. The highest BCUT2D eigenvalue weighted by molar-refractivity contribution is 7.07. The topological polar surface area (TPSA) is 55.1 Å². The fourth-order valence-electron chi connectivity index (χ4n) is 2.20. The smallest absolute Gasteiger partial charge is 0.337 e. The van der Waals surface area contributed by atoms with Crippen LogP contribution in [0, 0.1) is 6.92 Å². The summed E-state index contributed by atoms with van der Waals surface area (Å²) >= 11 is 1.65. The average Bonchev–Trinajstić information content (AvgIpc) is 2.98. The van der Waals surface area contributed by atoms with Crippen molar-refractivity contribution in [2.75, 3.05) is 0 Å². The Kier molecular flexibility index (Phi) is 2.83. The molecule has 0 atom stereocenters. The first-order valence-corrected chi connectivity index (χ1v) is 6.81. The third-order valence-corrected chi connectivity index (χ3v) is 3.85. The number of carboxylic acids is 1. The van der Waals surface area contributed by atoms with Crippen molar-refractivity contribution in [1.82, 2.24) is 9.55 Å². The summed E-state index contributed by atoms with van der Waals surface area (Å²) < 4.78 is 2.05. The summed E-state index contributed by atoms with van der Waals surface area (Å²) in [5, 5.41) is 13.3. The highest BCUT2D eigenvalue weighted by atomic mass is 32.1. The Balaban J connectivity index is 2.17. The Morgan fingerprint density at radius 2 is 2.26 bits per heavy atom. The summed E-state index contributed by atoms with van der Waals surface area (Å²) in [7, 11) is 0. The number of aromatic nitrogens is 2. The molecule has 3 aromatic rings. The number of thiophene rings is 1. The van der Waals surface area contributed by atoms with E-state index in [2.05, 4.69) is 16.4 Å². The molecule has 0 radical (unpaired) electrons. The number of hydrogen-bond donors (Lipinski definition) is 1. The highest BCUT2D eigenvalue weighted by Gasteiger charge is 2.14. The maximum atomic E-state index is 11.2. The fraction of sp³-hybridized carbons (Fsp3) is 0.143. The lowest BCUT2D eigenvalue weighted by molar-refractivity contribution is 0.0699. The molecule has 0 amide bonds. The van der Waals surface area contributed by atoms with Crippen molar-refractivity contribution in [2.24, 2.45) is 0 Å². The number of aryl methyl sites for hydroxylation is 1. The molecule has 96 valence electrons. The summed E-state index contributed by atoms with van der Waals surface area (Å²) in [6, 6.07) is 7.33. The molecule has 0 spiro atoms. The molecule has 4 nitrogen and oxygen atoms in total. The van der Waals surface area contributed by atoms with E-state index in [0.717, 1.165) is 17.9 Å². The van der Waals surface area contributed by atoms with Crippen molar-refractivity contribution in [1.29, 1.82) is 0 Å². The van der Waals surface area contributed by atoms with Crippen LogP contribution in [0.3, 0.4) is 0 Å². The normalized spacial score (nSPS) is 11.0. The summed E-state index contributed by atoms with van der Waals surface area (Å²) in [6.07, 6.45) is 0. The zero-order chi connectivity index (χ0) is 13.4. The van der Waals surface area contributed by atoms with Crippen LogP contribution in [0.5, 0.6) is 0 Å². The molecule has 2 aromatic heterocycles. The van der Waals surface area contributed by atoms with Gasteiger partial charge in [-0.05, 0) is 41.4 Å². The van der Waals surface area contributed by atoms with E-state index < -0.39 is 5.97 Å². The van der Waals surface area contributed by atoms with Crippen molar-refractivity contribution in [3.05, 3.63) is 52.0 Å². The first kappa shape index (κ1) is 11.9. The van der Waals surface area contributed by atoms with Gasteiger partial charge in [0.1, 0.15) is 11.3 Å². The van der Waals surface area contributed by atoms with Crippen LogP contribution in [-0.2, 0) is 6.54 Å². The Morgan fingerprint density at radius 1 is 1.42 bits per heavy atom. The Morgan fingerprint density at radius 3 is 2.95 bits per heavy atom. The number of imidazole rings is 1. The predicted octanol–water partition coefficient (Wildman–Crippen LogP) is 3.15. The van der Waals surface area contributed by atoms with E-state index in [4.69, 9.17) is 0 Å². The van der Waals surface area contributed by atoms with Crippen LogP contribution in [0.2, 0.25) is 0 Å². The molecule has 0 unspecified atom stereocenters. The Hall–Kier alpha value is -2.14. The van der Waals surface area contributed by atoms with Gasteiger partial charge in [-0.2, -0.15) is 11.3 Å². The second-order valence-electron chi connectivity index (χ2n) is 4.36. The fourth-order valence-corrected chi connectivity index (χ4v) is 2.86. The van der Waals surface area contributed by atoms with Crippen LogP contribution in [0.1, 0.15) is 21.7 Å². The molecule has 0 fully saturated rings. The SMILES string of the molecule is Cc1nc2c(C(=O)O)cccc2n1Cc1ccsc1. The molecule has 3 rings (SSSR count). The third-order valence-electron chi connectivity index (χ3n) is 3.12. The van der Waals surface area contributed by atoms with Gasteiger partial charge in [-0.3, -0.25) is 0 Å². The number of hydrogen-bond acceptors (Lipinski definition) is 3. The molecule has 1 aromatic carbocycles. The summed E-state index contributed by atoms with van der Waals surface area (Å²) in [6.45, 7) is 2.62. The first-order valence-electron chi connectivity index (χ1n) is 5.87. The van der Waals surface area contributed by atoms with Crippen molar-refractivity contribution in [3.8, 4) is 0 Å². The van der Waals surface area contributed by atoms with Gasteiger partial charge in [0, 0.05) is 0 Å². The van der Waals surface area contributed by atoms with Crippen molar-refractivity contribution >= 4 is 28.3 Å². The van der Waals surface area contributed by atoms with Gasteiger partial charge in [0.15, 0.2) is 0 Å². The summed E-state index contributed by atoms with van der Waals surface area (Å²) in [4.78, 5) is 15.6. The van der Waals surface area contributed by atoms with E-state index >= 15 is 0 Å². The number of fused-ring (bicyclic) bond motifs is 1. The van der Waals surface area contributed by atoms with Gasteiger partial charge in [0.25, 0.3) is 0 Å². The Labute approximate surface area is 113 Å². The van der Waals surface area contributed by atoms with Crippen molar-refractivity contribution in [3.63, 3.8) is 0 Å². The minimum atomic E-state index is -0.939. The van der Waals surface area contributed by atoms with E-state index in [1.807, 2.05) is 22.9 Å². The van der Waals surface area contributed by atoms with Crippen LogP contribution >= 0.6 is 11.3 Å². The molecule has 1 N–H and O–H groups in total. The lowest BCUT2D eigenvalue weighted by Crippen LogP contribution is -2.01. The minimum absolute atomic E-state index is 0.254.